The predicted octanol–water partition coefficient (Wildman–Crippen LogP) is -0.328. The van der Waals surface area contributed by atoms with Gasteiger partial charge in [-0.3, -0.25) is 19.4 Å². The second-order valence-corrected chi connectivity index (χ2v) is 2.25. The second kappa shape index (κ2) is 2.61. The molecule has 0 saturated heterocycles. The molecule has 5 heteroatoms. The van der Waals surface area contributed by atoms with Gasteiger partial charge in [0.05, 0.1) is 0 Å². The van der Waals surface area contributed by atoms with Crippen LogP contribution in [0.5, 0.6) is 0 Å². The number of rotatable bonds is 1. The molecule has 1 heterocycles. The van der Waals surface area contributed by atoms with Crippen molar-refractivity contribution in [2.45, 2.75) is 6.92 Å². The highest BCUT2D eigenvalue weighted by molar-refractivity contribution is 5.87. The number of carbonyl (C=O) groups excluding carboxylic acids is 1. The summed E-state index contributed by atoms with van der Waals surface area (Å²) < 4.78 is 1.28. The molecule has 0 aromatic carbocycles. The molecule has 2 N–H and O–H groups in total. The van der Waals surface area contributed by atoms with Crippen LogP contribution in [0.15, 0.2) is 10.9 Å². The third-order valence-corrected chi connectivity index (χ3v) is 1.20. The van der Waals surface area contributed by atoms with Crippen LogP contribution in [0.25, 0.3) is 0 Å². The van der Waals surface area contributed by atoms with Crippen LogP contribution in [0.3, 0.4) is 0 Å². The van der Waals surface area contributed by atoms with Gasteiger partial charge in [-0.25, -0.2) is 0 Å². The van der Waals surface area contributed by atoms with Crippen LogP contribution in [0.1, 0.15) is 6.92 Å². The Balaban J connectivity index is 2.89. The van der Waals surface area contributed by atoms with Gasteiger partial charge in [0.2, 0.25) is 5.91 Å². The van der Waals surface area contributed by atoms with Crippen molar-refractivity contribution in [2.75, 3.05) is 5.32 Å². The van der Waals surface area contributed by atoms with Gasteiger partial charge in [0, 0.05) is 20.0 Å². The Bertz CT molecular complexity index is 323. The Morgan fingerprint density at radius 3 is 2.73 bits per heavy atom. The van der Waals surface area contributed by atoms with E-state index in [0.29, 0.717) is 5.82 Å². The third kappa shape index (κ3) is 1.70. The molecule has 0 aliphatic rings. The highest BCUT2D eigenvalue weighted by Gasteiger charge is 1.99. The van der Waals surface area contributed by atoms with Gasteiger partial charge in [-0.2, -0.15) is 0 Å². The van der Waals surface area contributed by atoms with E-state index >= 15 is 0 Å². The molecule has 0 aliphatic heterocycles. The zero-order chi connectivity index (χ0) is 8.43. The highest BCUT2D eigenvalue weighted by Crippen LogP contribution is 1.94. The Kier molecular flexibility index (Phi) is 1.80. The number of aromatic amines is 1. The number of aryl methyl sites for hydroxylation is 1. The van der Waals surface area contributed by atoms with Crippen molar-refractivity contribution in [1.29, 1.82) is 0 Å². The largest absolute Gasteiger partial charge is 0.311 e. The first kappa shape index (κ1) is 7.59. The van der Waals surface area contributed by atoms with E-state index in [1.54, 1.807) is 7.05 Å². The molecule has 5 nitrogen and oxygen atoms in total. The van der Waals surface area contributed by atoms with E-state index in [-0.39, 0.29) is 11.5 Å². The molecule has 1 aromatic heterocycles. The van der Waals surface area contributed by atoms with Crippen LogP contribution in [0.4, 0.5) is 5.82 Å². The summed E-state index contributed by atoms with van der Waals surface area (Å²) in [5.74, 6) is 0.219. The zero-order valence-corrected chi connectivity index (χ0v) is 6.34. The minimum Gasteiger partial charge on any atom is -0.311 e. The number of amides is 1. The summed E-state index contributed by atoms with van der Waals surface area (Å²) in [6.45, 7) is 1.38. The Hall–Kier alpha value is -1.52. The fourth-order valence-corrected chi connectivity index (χ4v) is 0.742. The maximum Gasteiger partial charge on any atom is 0.268 e. The standard InChI is InChI=1S/C6H9N3O2/c1-4(10)7-5-3-6(11)9(2)8-5/h3,8H,1-2H3,(H,7,10). The monoisotopic (exact) mass is 155 g/mol. The molecule has 0 aliphatic carbocycles. The molecule has 60 valence electrons. The average Bonchev–Trinajstić information content (AvgIpc) is 2.10. The van der Waals surface area contributed by atoms with E-state index in [1.165, 1.54) is 17.7 Å². The maximum atomic E-state index is 10.8. The van der Waals surface area contributed by atoms with Gasteiger partial charge in [0.25, 0.3) is 5.56 Å². The lowest BCUT2D eigenvalue weighted by Crippen LogP contribution is -2.10. The molecule has 1 rings (SSSR count). The van der Waals surface area contributed by atoms with Crippen molar-refractivity contribution in [3.8, 4) is 0 Å². The Morgan fingerprint density at radius 2 is 2.36 bits per heavy atom. The summed E-state index contributed by atoms with van der Waals surface area (Å²) in [4.78, 5) is 21.3. The number of H-pyrrole nitrogens is 1. The van der Waals surface area contributed by atoms with E-state index in [9.17, 15) is 9.59 Å². The number of hydrogen-bond donors (Lipinski definition) is 2. The third-order valence-electron chi connectivity index (χ3n) is 1.20. The van der Waals surface area contributed by atoms with Crippen molar-refractivity contribution in [1.82, 2.24) is 9.78 Å². The van der Waals surface area contributed by atoms with Gasteiger partial charge in [-0.15, -0.1) is 0 Å². The molecule has 1 aromatic rings. The predicted molar refractivity (Wildman–Crippen MR) is 40.3 cm³/mol. The van der Waals surface area contributed by atoms with Crippen LogP contribution >= 0.6 is 0 Å². The normalized spacial score (nSPS) is 9.64. The van der Waals surface area contributed by atoms with Gasteiger partial charge in [0.15, 0.2) is 0 Å². The SMILES string of the molecule is CC(=O)Nc1cc(=O)n(C)[nH]1. The summed E-state index contributed by atoms with van der Waals surface area (Å²) in [5, 5.41) is 5.10. The molecular formula is C6H9N3O2. The fourth-order valence-electron chi connectivity index (χ4n) is 0.742. The summed E-state index contributed by atoms with van der Waals surface area (Å²) >= 11 is 0. The van der Waals surface area contributed by atoms with Crippen LogP contribution in [-0.4, -0.2) is 15.7 Å². The van der Waals surface area contributed by atoms with Gasteiger partial charge in [-0.1, -0.05) is 0 Å². The highest BCUT2D eigenvalue weighted by atomic mass is 16.2. The average molecular weight is 155 g/mol. The summed E-state index contributed by atoms with van der Waals surface area (Å²) in [6, 6.07) is 1.32. The number of carbonyl (C=O) groups is 1. The molecular weight excluding hydrogens is 146 g/mol. The molecule has 0 radical (unpaired) electrons. The van der Waals surface area contributed by atoms with E-state index in [1.807, 2.05) is 0 Å². The Morgan fingerprint density at radius 1 is 1.73 bits per heavy atom. The molecule has 0 fully saturated rings. The lowest BCUT2D eigenvalue weighted by molar-refractivity contribution is -0.114. The molecule has 11 heavy (non-hydrogen) atoms. The molecule has 0 atom stereocenters. The molecule has 1 amide bonds. The van der Waals surface area contributed by atoms with Gasteiger partial charge in [-0.05, 0) is 0 Å². The number of nitrogens with one attached hydrogen (secondary N) is 2. The number of hydrogen-bond acceptors (Lipinski definition) is 2. The molecule has 0 spiro atoms. The maximum absolute atomic E-state index is 10.8. The summed E-state index contributed by atoms with van der Waals surface area (Å²) in [6.07, 6.45) is 0. The second-order valence-electron chi connectivity index (χ2n) is 2.25. The molecule has 0 saturated carbocycles. The van der Waals surface area contributed by atoms with E-state index in [4.69, 9.17) is 0 Å². The van der Waals surface area contributed by atoms with Gasteiger partial charge >= 0.3 is 0 Å². The number of nitrogens with zero attached hydrogens (tertiary/aromatic N) is 1. The fraction of sp³-hybridized carbons (Fsp3) is 0.333. The van der Waals surface area contributed by atoms with E-state index in [0.717, 1.165) is 0 Å². The Labute approximate surface area is 63.0 Å². The van der Waals surface area contributed by atoms with Gasteiger partial charge in [0.1, 0.15) is 5.82 Å². The van der Waals surface area contributed by atoms with Crippen molar-refractivity contribution in [2.24, 2.45) is 7.05 Å². The smallest absolute Gasteiger partial charge is 0.268 e. The first-order valence-electron chi connectivity index (χ1n) is 3.13. The van der Waals surface area contributed by atoms with E-state index < -0.39 is 0 Å². The van der Waals surface area contributed by atoms with E-state index in [2.05, 4.69) is 10.4 Å². The van der Waals surface area contributed by atoms with Crippen LogP contribution in [0.2, 0.25) is 0 Å². The number of anilines is 1. The quantitative estimate of drug-likeness (QED) is 0.583. The minimum atomic E-state index is -0.202. The number of aromatic nitrogens is 2. The molecule has 0 bridgehead atoms. The van der Waals surface area contributed by atoms with Crippen LogP contribution in [-0.2, 0) is 11.8 Å². The summed E-state index contributed by atoms with van der Waals surface area (Å²) in [5.41, 5.74) is -0.172. The van der Waals surface area contributed by atoms with Crippen molar-refractivity contribution < 1.29 is 4.79 Å². The lowest BCUT2D eigenvalue weighted by atomic mass is 10.6. The van der Waals surface area contributed by atoms with Crippen LogP contribution < -0.4 is 10.9 Å². The summed E-state index contributed by atoms with van der Waals surface area (Å²) in [7, 11) is 1.58. The first-order valence-corrected chi connectivity index (χ1v) is 3.13. The topological polar surface area (TPSA) is 66.9 Å². The minimum absolute atomic E-state index is 0.172. The zero-order valence-electron chi connectivity index (χ0n) is 6.34. The van der Waals surface area contributed by atoms with Crippen molar-refractivity contribution in [3.05, 3.63) is 16.4 Å². The van der Waals surface area contributed by atoms with Crippen molar-refractivity contribution >= 4 is 11.7 Å². The van der Waals surface area contributed by atoms with Gasteiger partial charge < -0.3 is 5.32 Å². The first-order chi connectivity index (χ1) is 5.09. The van der Waals surface area contributed by atoms with Crippen molar-refractivity contribution in [3.63, 3.8) is 0 Å². The lowest BCUT2D eigenvalue weighted by Gasteiger charge is -1.94. The molecule has 0 unspecified atom stereocenters. The van der Waals surface area contributed by atoms with Crippen LogP contribution in [0, 0.1) is 0 Å².